The molecule has 0 unspecified atom stereocenters. The number of nitrogens with zero attached hydrogens (tertiary/aromatic N) is 5. The Hall–Kier alpha value is -4.30. The molecular weight excluding hydrogens is 450 g/mol. The Kier molecular flexibility index (Phi) is 6.86. The number of rotatable bonds is 6. The lowest BCUT2D eigenvalue weighted by Crippen LogP contribution is -2.44. The van der Waals surface area contributed by atoms with Gasteiger partial charge in [-0.3, -0.25) is 9.78 Å². The van der Waals surface area contributed by atoms with Crippen LogP contribution in [-0.4, -0.2) is 59.0 Å². The van der Waals surface area contributed by atoms with E-state index in [2.05, 4.69) is 61.7 Å². The van der Waals surface area contributed by atoms with Crippen molar-refractivity contribution in [2.75, 3.05) is 48.8 Å². The fourth-order valence-electron chi connectivity index (χ4n) is 4.26. The summed E-state index contributed by atoms with van der Waals surface area (Å²) in [6.45, 7) is 6.03. The summed E-state index contributed by atoms with van der Waals surface area (Å²) in [5.41, 5.74) is 5.20. The van der Waals surface area contributed by atoms with E-state index in [1.807, 2.05) is 30.5 Å². The van der Waals surface area contributed by atoms with E-state index in [0.29, 0.717) is 11.6 Å². The summed E-state index contributed by atoms with van der Waals surface area (Å²) >= 11 is 0. The third-order valence-corrected chi connectivity index (χ3v) is 6.22. The second-order valence-corrected chi connectivity index (χ2v) is 8.82. The number of benzene rings is 2. The van der Waals surface area contributed by atoms with Crippen molar-refractivity contribution < 1.29 is 4.79 Å². The van der Waals surface area contributed by atoms with Crippen LogP contribution < -0.4 is 15.5 Å². The predicted molar refractivity (Wildman–Crippen MR) is 146 cm³/mol. The number of fused-ring (bicyclic) bond motifs is 1. The van der Waals surface area contributed by atoms with E-state index in [9.17, 15) is 4.79 Å². The molecule has 0 aliphatic carbocycles. The first-order chi connectivity index (χ1) is 17.6. The molecule has 8 heteroatoms. The minimum absolute atomic E-state index is 0.181. The molecule has 1 aliphatic rings. The lowest BCUT2D eigenvalue weighted by atomic mass is 10.1. The number of carbonyl (C=O) groups is 1. The van der Waals surface area contributed by atoms with Gasteiger partial charge in [0, 0.05) is 66.6 Å². The number of allylic oxidation sites excluding steroid dienone is 1. The van der Waals surface area contributed by atoms with Crippen LogP contribution in [0.2, 0.25) is 0 Å². The average molecular weight is 480 g/mol. The summed E-state index contributed by atoms with van der Waals surface area (Å²) in [4.78, 5) is 30.6. The molecule has 0 radical (unpaired) electrons. The van der Waals surface area contributed by atoms with Crippen molar-refractivity contribution in [2.45, 2.75) is 6.92 Å². The number of aromatic nitrogens is 3. The van der Waals surface area contributed by atoms with E-state index in [-0.39, 0.29) is 5.91 Å². The number of nitrogens with one attached hydrogen (secondary N) is 2. The van der Waals surface area contributed by atoms with Crippen molar-refractivity contribution in [1.29, 1.82) is 0 Å². The van der Waals surface area contributed by atoms with Gasteiger partial charge in [-0.1, -0.05) is 24.3 Å². The van der Waals surface area contributed by atoms with E-state index in [1.54, 1.807) is 25.3 Å². The van der Waals surface area contributed by atoms with Crippen molar-refractivity contribution in [3.63, 3.8) is 0 Å². The smallest absolute Gasteiger partial charge is 0.248 e. The number of hydrogen-bond donors (Lipinski definition) is 2. The highest BCUT2D eigenvalue weighted by atomic mass is 16.1. The quantitative estimate of drug-likeness (QED) is 0.388. The number of para-hydroxylation sites is 1. The number of pyridine rings is 1. The summed E-state index contributed by atoms with van der Waals surface area (Å²) in [5.74, 6) is 0.333. The molecule has 2 N–H and O–H groups in total. The number of hydrogen-bond acceptors (Lipinski definition) is 7. The molecule has 4 aromatic rings. The zero-order chi connectivity index (χ0) is 24.9. The van der Waals surface area contributed by atoms with Crippen LogP contribution >= 0.6 is 0 Å². The Labute approximate surface area is 210 Å². The van der Waals surface area contributed by atoms with Crippen LogP contribution in [0.25, 0.3) is 22.2 Å². The number of anilines is 4. The van der Waals surface area contributed by atoms with Gasteiger partial charge in [0.2, 0.25) is 11.9 Å². The van der Waals surface area contributed by atoms with Crippen molar-refractivity contribution in [2.24, 2.45) is 0 Å². The molecule has 0 atom stereocenters. The molecule has 0 bridgehead atoms. The summed E-state index contributed by atoms with van der Waals surface area (Å²) in [6, 6.07) is 17.9. The molecule has 8 nitrogen and oxygen atoms in total. The zero-order valence-electron chi connectivity index (χ0n) is 20.5. The number of piperazine rings is 1. The van der Waals surface area contributed by atoms with Crippen LogP contribution in [0.5, 0.6) is 0 Å². The van der Waals surface area contributed by atoms with Gasteiger partial charge >= 0.3 is 0 Å². The van der Waals surface area contributed by atoms with E-state index >= 15 is 0 Å². The van der Waals surface area contributed by atoms with Gasteiger partial charge in [0.25, 0.3) is 0 Å². The normalized spacial score (nSPS) is 14.3. The molecule has 3 heterocycles. The Bertz CT molecular complexity index is 1390. The van der Waals surface area contributed by atoms with Gasteiger partial charge in [0.05, 0.1) is 11.2 Å². The molecule has 36 heavy (non-hydrogen) atoms. The molecule has 0 saturated carbocycles. The highest BCUT2D eigenvalue weighted by molar-refractivity contribution is 6.00. The molecular formula is C28H29N7O. The molecule has 2 aromatic carbocycles. The largest absolute Gasteiger partial charge is 0.369 e. The Balaban J connectivity index is 1.38. The van der Waals surface area contributed by atoms with Crippen LogP contribution in [0.1, 0.15) is 6.92 Å². The fourth-order valence-corrected chi connectivity index (χ4v) is 4.26. The standard InChI is InChI=1S/C28H29N7O/c1-3-5-26(36)31-22-12-13-29-25(18-22)24-7-4-6-20-19-30-28(33-27(20)24)32-21-8-10-23(11-9-21)35-16-14-34(2)15-17-35/h3-13,18-19H,14-17H2,1-2H3,(H,29,31,36)(H,30,32,33)/b5-3+. The van der Waals surface area contributed by atoms with Crippen LogP contribution in [-0.2, 0) is 4.79 Å². The van der Waals surface area contributed by atoms with E-state index < -0.39 is 0 Å². The lowest BCUT2D eigenvalue weighted by molar-refractivity contribution is -0.111. The monoisotopic (exact) mass is 479 g/mol. The third-order valence-electron chi connectivity index (χ3n) is 6.22. The maximum absolute atomic E-state index is 12.0. The lowest BCUT2D eigenvalue weighted by Gasteiger charge is -2.34. The zero-order valence-corrected chi connectivity index (χ0v) is 20.5. The van der Waals surface area contributed by atoms with E-state index in [0.717, 1.165) is 54.0 Å². The minimum Gasteiger partial charge on any atom is -0.369 e. The van der Waals surface area contributed by atoms with Crippen LogP contribution in [0, 0.1) is 0 Å². The summed E-state index contributed by atoms with van der Waals surface area (Å²) in [6.07, 6.45) is 6.68. The molecule has 5 rings (SSSR count). The first-order valence-corrected chi connectivity index (χ1v) is 12.1. The fraction of sp³-hybridized carbons (Fsp3) is 0.214. The maximum atomic E-state index is 12.0. The third kappa shape index (κ3) is 5.34. The predicted octanol–water partition coefficient (Wildman–Crippen LogP) is 4.70. The van der Waals surface area contributed by atoms with Gasteiger partial charge in [-0.05, 0) is 56.4 Å². The SMILES string of the molecule is C/C=C/C(=O)Nc1ccnc(-c2cccc3cnc(Nc4ccc(N5CCN(C)CC5)cc4)nc23)c1. The maximum Gasteiger partial charge on any atom is 0.248 e. The van der Waals surface area contributed by atoms with Gasteiger partial charge in [-0.2, -0.15) is 0 Å². The second-order valence-electron chi connectivity index (χ2n) is 8.82. The summed E-state index contributed by atoms with van der Waals surface area (Å²) in [5, 5.41) is 7.10. The molecule has 0 spiro atoms. The van der Waals surface area contributed by atoms with Gasteiger partial charge in [-0.15, -0.1) is 0 Å². The summed E-state index contributed by atoms with van der Waals surface area (Å²) < 4.78 is 0. The van der Waals surface area contributed by atoms with Crippen LogP contribution in [0.15, 0.2) is 79.1 Å². The van der Waals surface area contributed by atoms with Gasteiger partial charge in [-0.25, -0.2) is 9.97 Å². The van der Waals surface area contributed by atoms with Crippen LogP contribution in [0.4, 0.5) is 23.0 Å². The first kappa shape index (κ1) is 23.4. The van der Waals surface area contributed by atoms with Crippen molar-refractivity contribution in [3.05, 3.63) is 79.1 Å². The average Bonchev–Trinajstić information content (AvgIpc) is 2.89. The number of carbonyl (C=O) groups excluding carboxylic acids is 1. The molecule has 1 fully saturated rings. The number of likely N-dealkylation sites (N-methyl/N-ethyl adjacent to an activating group) is 1. The van der Waals surface area contributed by atoms with Gasteiger partial charge in [0.1, 0.15) is 0 Å². The van der Waals surface area contributed by atoms with Crippen molar-refractivity contribution in [1.82, 2.24) is 19.9 Å². The van der Waals surface area contributed by atoms with Gasteiger partial charge < -0.3 is 20.4 Å². The Morgan fingerprint density at radius 2 is 1.78 bits per heavy atom. The van der Waals surface area contributed by atoms with Crippen molar-refractivity contribution in [3.8, 4) is 11.3 Å². The van der Waals surface area contributed by atoms with Crippen LogP contribution in [0.3, 0.4) is 0 Å². The van der Waals surface area contributed by atoms with E-state index in [1.165, 1.54) is 11.8 Å². The van der Waals surface area contributed by atoms with Crippen molar-refractivity contribution >= 4 is 39.8 Å². The highest BCUT2D eigenvalue weighted by Crippen LogP contribution is 2.28. The Morgan fingerprint density at radius 3 is 2.56 bits per heavy atom. The molecule has 1 aliphatic heterocycles. The topological polar surface area (TPSA) is 86.3 Å². The molecule has 2 aromatic heterocycles. The van der Waals surface area contributed by atoms with Gasteiger partial charge in [0.15, 0.2) is 0 Å². The molecule has 182 valence electrons. The van der Waals surface area contributed by atoms with E-state index in [4.69, 9.17) is 4.98 Å². The Morgan fingerprint density at radius 1 is 0.972 bits per heavy atom. The first-order valence-electron chi connectivity index (χ1n) is 12.1. The second kappa shape index (κ2) is 10.5. The summed E-state index contributed by atoms with van der Waals surface area (Å²) in [7, 11) is 2.16. The molecule has 1 saturated heterocycles. The minimum atomic E-state index is -0.181. The highest BCUT2D eigenvalue weighted by Gasteiger charge is 2.14. The number of amides is 1. The molecule has 1 amide bonds.